The van der Waals surface area contributed by atoms with Crippen molar-refractivity contribution in [1.29, 1.82) is 0 Å². The van der Waals surface area contributed by atoms with Crippen LogP contribution in [-0.2, 0) is 6.54 Å². The molecule has 3 unspecified atom stereocenters. The van der Waals surface area contributed by atoms with Crippen LogP contribution in [0.4, 0.5) is 0 Å². The van der Waals surface area contributed by atoms with Crippen LogP contribution in [0.25, 0.3) is 0 Å². The third-order valence-electron chi connectivity index (χ3n) is 4.40. The van der Waals surface area contributed by atoms with Crippen molar-refractivity contribution in [2.45, 2.75) is 59.5 Å². The third-order valence-corrected chi connectivity index (χ3v) is 4.40. The van der Waals surface area contributed by atoms with Gasteiger partial charge in [-0.2, -0.15) is 0 Å². The smallest absolute Gasteiger partial charge is 0.125 e. The van der Waals surface area contributed by atoms with Crippen LogP contribution in [0.1, 0.15) is 51.6 Å². The van der Waals surface area contributed by atoms with E-state index in [1.807, 2.05) is 19.2 Å². The van der Waals surface area contributed by atoms with E-state index < -0.39 is 0 Å². The van der Waals surface area contributed by atoms with Gasteiger partial charge in [-0.25, -0.2) is 9.97 Å². The minimum absolute atomic E-state index is 0.638. The minimum atomic E-state index is 0.638. The average molecular weight is 261 g/mol. The van der Waals surface area contributed by atoms with Crippen molar-refractivity contribution < 1.29 is 0 Å². The molecule has 1 heterocycles. The molecule has 19 heavy (non-hydrogen) atoms. The Hall–Kier alpha value is -0.960. The third kappa shape index (κ3) is 4.00. The summed E-state index contributed by atoms with van der Waals surface area (Å²) >= 11 is 0. The summed E-state index contributed by atoms with van der Waals surface area (Å²) in [6, 6.07) is 2.65. The molecule has 106 valence electrons. The van der Waals surface area contributed by atoms with Crippen LogP contribution < -0.4 is 5.32 Å². The molecular formula is C16H27N3. The van der Waals surface area contributed by atoms with Gasteiger partial charge in [-0.15, -0.1) is 0 Å². The largest absolute Gasteiger partial charge is 0.308 e. The molecule has 0 amide bonds. The summed E-state index contributed by atoms with van der Waals surface area (Å²) in [6.45, 7) is 9.89. The Morgan fingerprint density at radius 1 is 1.37 bits per heavy atom. The Bertz CT molecular complexity index is 403. The molecule has 3 atom stereocenters. The molecule has 0 bridgehead atoms. The van der Waals surface area contributed by atoms with E-state index in [1.54, 1.807) is 0 Å². The number of aryl methyl sites for hydroxylation is 1. The average Bonchev–Trinajstić information content (AvgIpc) is 2.36. The van der Waals surface area contributed by atoms with Gasteiger partial charge in [0.1, 0.15) is 5.82 Å². The van der Waals surface area contributed by atoms with Crippen molar-refractivity contribution in [2.75, 3.05) is 0 Å². The summed E-state index contributed by atoms with van der Waals surface area (Å²) in [5.41, 5.74) is 1.10. The molecule has 1 aromatic rings. The van der Waals surface area contributed by atoms with E-state index in [0.29, 0.717) is 6.04 Å². The van der Waals surface area contributed by atoms with Gasteiger partial charge in [-0.3, -0.25) is 0 Å². The first-order valence-corrected chi connectivity index (χ1v) is 7.58. The van der Waals surface area contributed by atoms with Gasteiger partial charge >= 0.3 is 0 Å². The molecule has 0 saturated heterocycles. The summed E-state index contributed by atoms with van der Waals surface area (Å²) in [6.07, 6.45) is 5.89. The fourth-order valence-corrected chi connectivity index (χ4v) is 3.28. The van der Waals surface area contributed by atoms with Crippen LogP contribution >= 0.6 is 0 Å². The number of nitrogens with zero attached hydrogens (tertiary/aromatic N) is 2. The highest BCUT2D eigenvalue weighted by Crippen LogP contribution is 2.33. The van der Waals surface area contributed by atoms with Crippen LogP contribution in [0, 0.1) is 24.7 Å². The first-order chi connectivity index (χ1) is 9.06. The molecule has 1 aliphatic rings. The number of hydrogen-bond donors (Lipinski definition) is 1. The van der Waals surface area contributed by atoms with Gasteiger partial charge < -0.3 is 5.32 Å². The Morgan fingerprint density at radius 3 is 2.84 bits per heavy atom. The van der Waals surface area contributed by atoms with E-state index in [0.717, 1.165) is 35.8 Å². The lowest BCUT2D eigenvalue weighted by Crippen LogP contribution is -2.42. The van der Waals surface area contributed by atoms with Crippen molar-refractivity contribution in [3.8, 4) is 0 Å². The van der Waals surface area contributed by atoms with Gasteiger partial charge in [-0.1, -0.05) is 27.2 Å². The Kier molecular flexibility index (Phi) is 4.92. The molecule has 1 aromatic heterocycles. The summed E-state index contributed by atoms with van der Waals surface area (Å²) in [7, 11) is 0. The first-order valence-electron chi connectivity index (χ1n) is 7.58. The molecule has 0 spiro atoms. The maximum Gasteiger partial charge on any atom is 0.125 e. The Balaban J connectivity index is 1.95. The fourth-order valence-electron chi connectivity index (χ4n) is 3.28. The van der Waals surface area contributed by atoms with Crippen molar-refractivity contribution in [3.05, 3.63) is 23.8 Å². The highest BCUT2D eigenvalue weighted by atomic mass is 15.0. The standard InChI is InChI=1S/C16H27N3/c1-11(2)15-6-5-12(3)9-16(15)18-10-14-7-8-17-13(4)19-14/h7-8,11-12,15-16,18H,5-6,9-10H2,1-4H3. The monoisotopic (exact) mass is 261 g/mol. The summed E-state index contributed by atoms with van der Waals surface area (Å²) in [5.74, 6) is 3.27. The second kappa shape index (κ2) is 6.47. The van der Waals surface area contributed by atoms with Crippen molar-refractivity contribution >= 4 is 0 Å². The quantitative estimate of drug-likeness (QED) is 0.903. The zero-order valence-electron chi connectivity index (χ0n) is 12.7. The lowest BCUT2D eigenvalue weighted by atomic mass is 9.74. The topological polar surface area (TPSA) is 37.8 Å². The molecule has 1 saturated carbocycles. The van der Waals surface area contributed by atoms with E-state index in [-0.39, 0.29) is 0 Å². The molecule has 1 N–H and O–H groups in total. The van der Waals surface area contributed by atoms with E-state index >= 15 is 0 Å². The van der Waals surface area contributed by atoms with Crippen LogP contribution in [0.2, 0.25) is 0 Å². The van der Waals surface area contributed by atoms with Crippen molar-refractivity contribution in [3.63, 3.8) is 0 Å². The molecule has 0 aliphatic heterocycles. The number of aromatic nitrogens is 2. The summed E-state index contributed by atoms with van der Waals surface area (Å²) in [5, 5.41) is 3.74. The molecule has 1 fully saturated rings. The van der Waals surface area contributed by atoms with Gasteiger partial charge in [0.15, 0.2) is 0 Å². The van der Waals surface area contributed by atoms with Crippen LogP contribution in [0.15, 0.2) is 12.3 Å². The highest BCUT2D eigenvalue weighted by molar-refractivity contribution is 5.01. The van der Waals surface area contributed by atoms with Gasteiger partial charge in [0, 0.05) is 18.8 Å². The van der Waals surface area contributed by atoms with Gasteiger partial charge in [0.05, 0.1) is 5.69 Å². The van der Waals surface area contributed by atoms with E-state index in [9.17, 15) is 0 Å². The SMILES string of the molecule is Cc1nccc(CNC2CC(C)CCC2C(C)C)n1. The molecule has 3 nitrogen and oxygen atoms in total. The Labute approximate surface area is 117 Å². The van der Waals surface area contributed by atoms with Crippen LogP contribution in [0.5, 0.6) is 0 Å². The molecule has 2 rings (SSSR count). The van der Waals surface area contributed by atoms with Crippen LogP contribution in [0.3, 0.4) is 0 Å². The van der Waals surface area contributed by atoms with Gasteiger partial charge in [0.2, 0.25) is 0 Å². The second-order valence-electron chi connectivity index (χ2n) is 6.41. The predicted molar refractivity (Wildman–Crippen MR) is 78.7 cm³/mol. The molecule has 1 aliphatic carbocycles. The number of nitrogens with one attached hydrogen (secondary N) is 1. The van der Waals surface area contributed by atoms with Crippen LogP contribution in [-0.4, -0.2) is 16.0 Å². The zero-order valence-corrected chi connectivity index (χ0v) is 12.7. The highest BCUT2D eigenvalue weighted by Gasteiger charge is 2.30. The maximum absolute atomic E-state index is 4.47. The first kappa shape index (κ1) is 14.4. The van der Waals surface area contributed by atoms with Crippen molar-refractivity contribution in [2.24, 2.45) is 17.8 Å². The van der Waals surface area contributed by atoms with Gasteiger partial charge in [-0.05, 0) is 43.6 Å². The van der Waals surface area contributed by atoms with Crippen molar-refractivity contribution in [1.82, 2.24) is 15.3 Å². The normalized spacial score (nSPS) is 27.7. The zero-order chi connectivity index (χ0) is 13.8. The lowest BCUT2D eigenvalue weighted by molar-refractivity contribution is 0.168. The lowest BCUT2D eigenvalue weighted by Gasteiger charge is -2.38. The predicted octanol–water partition coefficient (Wildman–Crippen LogP) is 3.34. The fraction of sp³-hybridized carbons (Fsp3) is 0.750. The molecular weight excluding hydrogens is 234 g/mol. The van der Waals surface area contributed by atoms with E-state index in [2.05, 4.69) is 36.1 Å². The summed E-state index contributed by atoms with van der Waals surface area (Å²) in [4.78, 5) is 8.62. The van der Waals surface area contributed by atoms with E-state index in [4.69, 9.17) is 0 Å². The molecule has 0 aromatic carbocycles. The number of rotatable bonds is 4. The maximum atomic E-state index is 4.47. The molecule has 3 heteroatoms. The summed E-state index contributed by atoms with van der Waals surface area (Å²) < 4.78 is 0. The van der Waals surface area contributed by atoms with E-state index in [1.165, 1.54) is 19.3 Å². The minimum Gasteiger partial charge on any atom is -0.308 e. The van der Waals surface area contributed by atoms with Gasteiger partial charge in [0.25, 0.3) is 0 Å². The Morgan fingerprint density at radius 2 is 2.16 bits per heavy atom. The second-order valence-corrected chi connectivity index (χ2v) is 6.41. The number of hydrogen-bond acceptors (Lipinski definition) is 3. The molecule has 0 radical (unpaired) electrons.